The van der Waals surface area contributed by atoms with E-state index >= 15 is 0 Å². The van der Waals surface area contributed by atoms with Gasteiger partial charge in [0, 0.05) is 68.6 Å². The summed E-state index contributed by atoms with van der Waals surface area (Å²) in [6, 6.07) is 13.6. The lowest BCUT2D eigenvalue weighted by Gasteiger charge is -2.43. The van der Waals surface area contributed by atoms with Crippen molar-refractivity contribution in [2.75, 3.05) is 82.3 Å². The summed E-state index contributed by atoms with van der Waals surface area (Å²) in [4.78, 5) is 17.2. The van der Waals surface area contributed by atoms with E-state index in [1.165, 1.54) is 53.7 Å². The number of rotatable bonds is 9. The normalized spacial score (nSPS) is 17.7. The van der Waals surface area contributed by atoms with Crippen molar-refractivity contribution in [1.82, 2.24) is 19.8 Å². The Morgan fingerprint density at radius 3 is 2.44 bits per heavy atom. The molecule has 4 aromatic rings. The minimum Gasteiger partial charge on any atom is -0.494 e. The van der Waals surface area contributed by atoms with Crippen molar-refractivity contribution in [1.29, 1.82) is 0 Å². The fraction of sp³-hybridized carbons (Fsp3) is 0.459. The molecule has 2 aliphatic heterocycles. The van der Waals surface area contributed by atoms with Crippen molar-refractivity contribution in [2.24, 2.45) is 0 Å². The van der Waals surface area contributed by atoms with Crippen LogP contribution in [0, 0.1) is 0 Å². The monoisotopic (exact) mass is 731 g/mol. The number of aromatic nitrogens is 2. The van der Waals surface area contributed by atoms with Crippen LogP contribution in [0.5, 0.6) is 5.75 Å². The predicted octanol–water partition coefficient (Wildman–Crippen LogP) is 7.01. The molecule has 1 aromatic heterocycles. The van der Waals surface area contributed by atoms with Crippen LogP contribution in [-0.4, -0.2) is 92.6 Å². The van der Waals surface area contributed by atoms with Crippen LogP contribution < -0.4 is 25.6 Å². The third-order valence-electron chi connectivity index (χ3n) is 10.4. The number of methoxy groups -OCH3 is 1. The number of aryl methyl sites for hydroxylation is 3. The van der Waals surface area contributed by atoms with Gasteiger partial charge in [-0.05, 0) is 108 Å². The first-order valence-electron chi connectivity index (χ1n) is 17.2. The van der Waals surface area contributed by atoms with Gasteiger partial charge in [0.2, 0.25) is 5.95 Å². The fourth-order valence-corrected chi connectivity index (χ4v) is 9.62. The van der Waals surface area contributed by atoms with Gasteiger partial charge in [0.25, 0.3) is 0 Å². The summed E-state index contributed by atoms with van der Waals surface area (Å²) in [6.07, 6.45) is 7.01. The Balaban J connectivity index is 1.13. The Morgan fingerprint density at radius 1 is 0.979 bits per heavy atom. The molecule has 0 saturated carbocycles. The first-order chi connectivity index (χ1) is 23.1. The number of piperidine rings is 1. The van der Waals surface area contributed by atoms with Crippen molar-refractivity contribution in [3.63, 3.8) is 0 Å². The molecule has 0 atom stereocenters. The molecule has 2 saturated heterocycles. The summed E-state index contributed by atoms with van der Waals surface area (Å²) in [7, 11) is 1.30. The van der Waals surface area contributed by atoms with Crippen molar-refractivity contribution >= 4 is 68.0 Å². The number of hydrogen-bond donors (Lipinski definition) is 2. The van der Waals surface area contributed by atoms with Gasteiger partial charge in [-0.2, -0.15) is 4.98 Å². The molecule has 0 radical (unpaired) electrons. The average molecular weight is 733 g/mol. The molecule has 0 bridgehead atoms. The zero-order valence-electron chi connectivity index (χ0n) is 28.8. The van der Waals surface area contributed by atoms with Gasteiger partial charge in [0.1, 0.15) is 18.7 Å². The lowest BCUT2D eigenvalue weighted by Crippen LogP contribution is -2.52. The van der Waals surface area contributed by atoms with Gasteiger partial charge >= 0.3 is 0 Å². The Hall–Kier alpha value is -3.17. The Bertz CT molecular complexity index is 1880. The second-order valence-electron chi connectivity index (χ2n) is 13.9. The van der Waals surface area contributed by atoms with Crippen molar-refractivity contribution in [2.45, 2.75) is 45.1 Å². The van der Waals surface area contributed by atoms with Crippen molar-refractivity contribution in [3.05, 3.63) is 63.8 Å². The minimum absolute atomic E-state index is 0.451. The molecule has 7 rings (SSSR count). The molecule has 0 amide bonds. The van der Waals surface area contributed by atoms with E-state index in [9.17, 15) is 4.57 Å². The third kappa shape index (κ3) is 6.57. The van der Waals surface area contributed by atoms with E-state index in [1.807, 2.05) is 13.3 Å². The number of halogens is 1. The molecule has 3 aliphatic rings. The number of anilines is 5. The molecule has 3 heterocycles. The van der Waals surface area contributed by atoms with Gasteiger partial charge in [-0.3, -0.25) is 4.90 Å². The largest absolute Gasteiger partial charge is 0.494 e. The van der Waals surface area contributed by atoms with Crippen LogP contribution in [0.1, 0.15) is 36.5 Å². The molecule has 2 N–H and O–H groups in total. The van der Waals surface area contributed by atoms with Crippen LogP contribution in [0.25, 0.3) is 10.8 Å². The van der Waals surface area contributed by atoms with E-state index in [2.05, 4.69) is 96.6 Å². The molecular formula is C37H47BrN7O2P. The molecule has 1 aliphatic carbocycles. The molecule has 0 unspecified atom stereocenters. The predicted molar refractivity (Wildman–Crippen MR) is 203 cm³/mol. The van der Waals surface area contributed by atoms with Crippen LogP contribution in [0.2, 0.25) is 0 Å². The third-order valence-corrected chi connectivity index (χ3v) is 12.5. The number of likely N-dealkylation sites (N-methyl/N-ethyl adjacent to an activating group) is 1. The van der Waals surface area contributed by atoms with Gasteiger partial charge in [-0.1, -0.05) is 25.1 Å². The maximum atomic E-state index is 13.7. The number of hydrogen-bond acceptors (Lipinski definition) is 9. The second kappa shape index (κ2) is 13.6. The van der Waals surface area contributed by atoms with Crippen LogP contribution in [-0.2, 0) is 23.8 Å². The van der Waals surface area contributed by atoms with Gasteiger partial charge in [0.15, 0.2) is 0 Å². The zero-order valence-corrected chi connectivity index (χ0v) is 31.3. The van der Waals surface area contributed by atoms with Gasteiger partial charge in [-0.15, -0.1) is 0 Å². The number of piperazine rings is 1. The smallest absolute Gasteiger partial charge is 0.229 e. The maximum Gasteiger partial charge on any atom is 0.229 e. The van der Waals surface area contributed by atoms with Crippen LogP contribution in [0.3, 0.4) is 0 Å². The van der Waals surface area contributed by atoms with Crippen LogP contribution >= 0.6 is 23.1 Å². The zero-order chi connectivity index (χ0) is 33.6. The van der Waals surface area contributed by atoms with E-state index in [1.54, 1.807) is 13.3 Å². The number of benzene rings is 3. The van der Waals surface area contributed by atoms with E-state index < -0.39 is 7.14 Å². The average Bonchev–Trinajstić information content (AvgIpc) is 3.50. The molecular weight excluding hydrogens is 685 g/mol. The standard InChI is InChI=1S/C37H47BrN7O2P/c1-6-24-20-30(33(47-3)22-32(24)45-14-12-27(13-15-45)44-18-16-43(2)17-19-44)41-37-39-23-29(38)36(42-37)40-31-21-26-11-10-25-8-7-9-28(34(25)26)35(31)48(4,5)46/h7-9,20-23,27H,6,10-19H2,1-5H3,(H2,39,40,41,42). The molecule has 11 heteroatoms. The second-order valence-corrected chi connectivity index (χ2v) is 17.9. The van der Waals surface area contributed by atoms with Gasteiger partial charge in [-0.25, -0.2) is 4.98 Å². The minimum atomic E-state index is -2.64. The lowest BCUT2D eigenvalue weighted by molar-refractivity contribution is 0.0982. The maximum absolute atomic E-state index is 13.7. The van der Waals surface area contributed by atoms with Gasteiger partial charge in [0.05, 0.1) is 23.0 Å². The topological polar surface area (TPSA) is 85.9 Å². The number of ether oxygens (including phenoxy) is 1. The summed E-state index contributed by atoms with van der Waals surface area (Å²) in [5, 5.41) is 10.2. The summed E-state index contributed by atoms with van der Waals surface area (Å²) in [5.41, 5.74) is 6.80. The van der Waals surface area contributed by atoms with Crippen molar-refractivity contribution in [3.8, 4) is 5.75 Å². The van der Waals surface area contributed by atoms with E-state index in [-0.39, 0.29) is 0 Å². The molecule has 2 fully saturated rings. The SMILES string of the molecule is CCc1cc(Nc2ncc(Br)c(Nc3cc4c5c(cccc5c3P(C)(C)=O)CC4)n2)c(OC)cc1N1CCC(N2CCN(C)CC2)CC1. The van der Waals surface area contributed by atoms with Gasteiger partial charge < -0.3 is 29.7 Å². The fourth-order valence-electron chi connectivity index (χ4n) is 7.87. The molecule has 48 heavy (non-hydrogen) atoms. The highest BCUT2D eigenvalue weighted by atomic mass is 79.9. The summed E-state index contributed by atoms with van der Waals surface area (Å²) in [6.45, 7) is 12.7. The molecule has 254 valence electrons. The summed E-state index contributed by atoms with van der Waals surface area (Å²) >= 11 is 3.66. The van der Waals surface area contributed by atoms with E-state index in [0.29, 0.717) is 17.8 Å². The Labute approximate surface area is 293 Å². The van der Waals surface area contributed by atoms with Crippen molar-refractivity contribution < 1.29 is 9.30 Å². The first kappa shape index (κ1) is 33.3. The summed E-state index contributed by atoms with van der Waals surface area (Å²) < 4.78 is 20.4. The highest BCUT2D eigenvalue weighted by Gasteiger charge is 2.29. The molecule has 9 nitrogen and oxygen atoms in total. The molecule has 3 aromatic carbocycles. The highest BCUT2D eigenvalue weighted by Crippen LogP contribution is 2.45. The highest BCUT2D eigenvalue weighted by molar-refractivity contribution is 9.10. The number of nitrogens with zero attached hydrogens (tertiary/aromatic N) is 5. The lowest BCUT2D eigenvalue weighted by atomic mass is 9.99. The Kier molecular flexibility index (Phi) is 9.46. The van der Waals surface area contributed by atoms with E-state index in [4.69, 9.17) is 9.72 Å². The quantitative estimate of drug-likeness (QED) is 0.177. The van der Waals surface area contributed by atoms with Crippen LogP contribution in [0.4, 0.5) is 28.8 Å². The van der Waals surface area contributed by atoms with E-state index in [0.717, 1.165) is 77.7 Å². The van der Waals surface area contributed by atoms with Crippen LogP contribution in [0.15, 0.2) is 47.1 Å². The number of nitrogens with one attached hydrogen (secondary N) is 2. The summed E-state index contributed by atoms with van der Waals surface area (Å²) in [5.74, 6) is 1.82. The first-order valence-corrected chi connectivity index (χ1v) is 20.6. The Morgan fingerprint density at radius 2 is 1.73 bits per heavy atom. The molecule has 0 spiro atoms.